The second-order valence-electron chi connectivity index (χ2n) is 4.13. The lowest BCUT2D eigenvalue weighted by atomic mass is 10.3. The van der Waals surface area contributed by atoms with Crippen LogP contribution < -0.4 is 4.74 Å². The van der Waals surface area contributed by atoms with Gasteiger partial charge in [0.15, 0.2) is 5.82 Å². The van der Waals surface area contributed by atoms with E-state index in [4.69, 9.17) is 16.3 Å². The Morgan fingerprint density at radius 1 is 1.25 bits per heavy atom. The number of pyridine rings is 1. The Morgan fingerprint density at radius 3 is 3.00 bits per heavy atom. The molecule has 0 fully saturated rings. The quantitative estimate of drug-likeness (QED) is 0.739. The number of hydrogen-bond acceptors (Lipinski definition) is 5. The fraction of sp³-hybridized carbons (Fsp3) is 0.231. The van der Waals surface area contributed by atoms with E-state index in [1.807, 2.05) is 35.7 Å². The summed E-state index contributed by atoms with van der Waals surface area (Å²) >= 11 is 5.94. The molecule has 3 aromatic rings. The molecule has 0 aliphatic rings. The molecule has 0 N–H and O–H groups in total. The summed E-state index contributed by atoms with van der Waals surface area (Å²) in [5.41, 5.74) is 1.60. The Morgan fingerprint density at radius 2 is 2.15 bits per heavy atom. The Kier molecular flexibility index (Phi) is 3.47. The second-order valence-corrected chi connectivity index (χ2v) is 4.46. The molecule has 3 heterocycles. The van der Waals surface area contributed by atoms with Crippen molar-refractivity contribution in [3.05, 3.63) is 35.9 Å². The molecule has 0 aromatic carbocycles. The third-order valence-electron chi connectivity index (χ3n) is 2.68. The molecule has 0 atom stereocenters. The molecule has 7 heteroatoms. The van der Waals surface area contributed by atoms with Gasteiger partial charge in [-0.3, -0.25) is 4.40 Å². The van der Waals surface area contributed by atoms with Crippen LogP contribution >= 0.6 is 11.6 Å². The average Bonchev–Trinajstić information content (AvgIpc) is 2.92. The van der Waals surface area contributed by atoms with Gasteiger partial charge in [0.2, 0.25) is 5.28 Å². The van der Waals surface area contributed by atoms with Gasteiger partial charge in [0.25, 0.3) is 0 Å². The first-order valence-corrected chi connectivity index (χ1v) is 6.62. The highest BCUT2D eigenvalue weighted by atomic mass is 35.5. The topological polar surface area (TPSA) is 65.2 Å². The number of nitrogens with zero attached hydrogens (tertiary/aromatic N) is 5. The summed E-state index contributed by atoms with van der Waals surface area (Å²) in [5.74, 6) is 0.458. The first-order valence-electron chi connectivity index (χ1n) is 6.25. The van der Waals surface area contributed by atoms with Crippen molar-refractivity contribution < 1.29 is 4.74 Å². The molecule has 0 spiro atoms. The van der Waals surface area contributed by atoms with Crippen LogP contribution in [0.2, 0.25) is 5.28 Å². The number of imidazole rings is 1. The van der Waals surface area contributed by atoms with E-state index in [0.717, 1.165) is 17.8 Å². The average molecular weight is 290 g/mol. The number of hydrogen-bond donors (Lipinski definition) is 0. The smallest absolute Gasteiger partial charge is 0.321 e. The summed E-state index contributed by atoms with van der Waals surface area (Å²) in [6.07, 6.45) is 4.43. The minimum atomic E-state index is 0.109. The first kappa shape index (κ1) is 12.8. The van der Waals surface area contributed by atoms with Crippen molar-refractivity contribution in [2.24, 2.45) is 0 Å². The Balaban J connectivity index is 2.09. The van der Waals surface area contributed by atoms with Crippen LogP contribution in [0.1, 0.15) is 13.3 Å². The van der Waals surface area contributed by atoms with Gasteiger partial charge in [-0.25, -0.2) is 4.98 Å². The summed E-state index contributed by atoms with van der Waals surface area (Å²) in [6, 6.07) is 5.92. The van der Waals surface area contributed by atoms with Gasteiger partial charge in [-0.2, -0.15) is 15.0 Å². The maximum atomic E-state index is 5.94. The van der Waals surface area contributed by atoms with Gasteiger partial charge in [-0.1, -0.05) is 13.0 Å². The largest absolute Gasteiger partial charge is 0.463 e. The Hall–Kier alpha value is -2.21. The molecular weight excluding hydrogens is 278 g/mol. The number of rotatable bonds is 4. The zero-order valence-electron chi connectivity index (χ0n) is 10.8. The number of fused-ring (bicyclic) bond motifs is 1. The van der Waals surface area contributed by atoms with Crippen molar-refractivity contribution >= 4 is 17.2 Å². The zero-order chi connectivity index (χ0) is 13.9. The standard InChI is InChI=1S/C13H12ClN5O/c1-2-8-20-13-17-11(16-12(14)18-13)9-4-3-5-10-15-6-7-19(9)10/h3-7H,2,8H2,1H3. The maximum Gasteiger partial charge on any atom is 0.321 e. The Labute approximate surface area is 120 Å². The molecule has 3 rings (SSSR count). The van der Waals surface area contributed by atoms with Crippen LogP contribution in [0.25, 0.3) is 17.2 Å². The number of halogens is 1. The van der Waals surface area contributed by atoms with Gasteiger partial charge in [0, 0.05) is 12.4 Å². The van der Waals surface area contributed by atoms with E-state index < -0.39 is 0 Å². The normalized spacial score (nSPS) is 10.9. The molecule has 0 bridgehead atoms. The van der Waals surface area contributed by atoms with E-state index in [-0.39, 0.29) is 11.3 Å². The van der Waals surface area contributed by atoms with Crippen molar-refractivity contribution in [1.82, 2.24) is 24.3 Å². The van der Waals surface area contributed by atoms with Crippen LogP contribution in [0.15, 0.2) is 30.6 Å². The van der Waals surface area contributed by atoms with Crippen LogP contribution in [-0.4, -0.2) is 30.9 Å². The molecule has 20 heavy (non-hydrogen) atoms. The first-order chi connectivity index (χ1) is 9.78. The minimum Gasteiger partial charge on any atom is -0.463 e. The Bertz CT molecular complexity index is 742. The lowest BCUT2D eigenvalue weighted by Crippen LogP contribution is -2.04. The summed E-state index contributed by atoms with van der Waals surface area (Å²) < 4.78 is 7.30. The molecule has 0 aliphatic carbocycles. The number of ether oxygens (including phenoxy) is 1. The van der Waals surface area contributed by atoms with Gasteiger partial charge >= 0.3 is 6.01 Å². The summed E-state index contributed by atoms with van der Waals surface area (Å²) in [4.78, 5) is 16.6. The van der Waals surface area contributed by atoms with Crippen molar-refractivity contribution in [3.63, 3.8) is 0 Å². The van der Waals surface area contributed by atoms with Crippen LogP contribution in [0.5, 0.6) is 6.01 Å². The van der Waals surface area contributed by atoms with E-state index in [9.17, 15) is 0 Å². The van der Waals surface area contributed by atoms with E-state index in [0.29, 0.717) is 12.4 Å². The van der Waals surface area contributed by atoms with Crippen molar-refractivity contribution in [1.29, 1.82) is 0 Å². The maximum absolute atomic E-state index is 5.94. The van der Waals surface area contributed by atoms with E-state index in [2.05, 4.69) is 19.9 Å². The van der Waals surface area contributed by atoms with E-state index in [1.165, 1.54) is 0 Å². The van der Waals surface area contributed by atoms with Gasteiger partial charge in [-0.05, 0) is 30.2 Å². The van der Waals surface area contributed by atoms with Crippen LogP contribution in [-0.2, 0) is 0 Å². The molecular formula is C13H12ClN5O. The fourth-order valence-corrected chi connectivity index (χ4v) is 1.99. The van der Waals surface area contributed by atoms with Crippen LogP contribution in [0.3, 0.4) is 0 Å². The third-order valence-corrected chi connectivity index (χ3v) is 2.85. The van der Waals surface area contributed by atoms with Crippen molar-refractivity contribution in [2.45, 2.75) is 13.3 Å². The van der Waals surface area contributed by atoms with E-state index >= 15 is 0 Å². The predicted octanol–water partition coefficient (Wildman–Crippen LogP) is 2.63. The molecule has 0 amide bonds. The molecule has 102 valence electrons. The van der Waals surface area contributed by atoms with Gasteiger partial charge < -0.3 is 4.74 Å². The van der Waals surface area contributed by atoms with Gasteiger partial charge in [0.05, 0.1) is 12.3 Å². The second kappa shape index (κ2) is 5.42. The van der Waals surface area contributed by atoms with Gasteiger partial charge in [0.1, 0.15) is 5.65 Å². The zero-order valence-corrected chi connectivity index (χ0v) is 11.6. The van der Waals surface area contributed by atoms with Crippen LogP contribution in [0, 0.1) is 0 Å². The molecule has 0 aliphatic heterocycles. The highest BCUT2D eigenvalue weighted by Crippen LogP contribution is 2.20. The predicted molar refractivity (Wildman–Crippen MR) is 74.8 cm³/mol. The monoisotopic (exact) mass is 289 g/mol. The molecule has 3 aromatic heterocycles. The molecule has 0 radical (unpaired) electrons. The minimum absolute atomic E-state index is 0.109. The van der Waals surface area contributed by atoms with Crippen LogP contribution in [0.4, 0.5) is 0 Å². The van der Waals surface area contributed by atoms with Crippen molar-refractivity contribution in [3.8, 4) is 17.5 Å². The van der Waals surface area contributed by atoms with Gasteiger partial charge in [-0.15, -0.1) is 0 Å². The third kappa shape index (κ3) is 2.42. The SMILES string of the molecule is CCCOc1nc(Cl)nc(-c2cccc3nccn23)n1. The molecule has 0 unspecified atom stereocenters. The lowest BCUT2D eigenvalue weighted by molar-refractivity contribution is 0.291. The molecule has 0 saturated carbocycles. The molecule has 6 nitrogen and oxygen atoms in total. The summed E-state index contributed by atoms with van der Waals surface area (Å²) in [5, 5.41) is 0.109. The summed E-state index contributed by atoms with van der Waals surface area (Å²) in [7, 11) is 0. The number of aromatic nitrogens is 5. The summed E-state index contributed by atoms with van der Waals surface area (Å²) in [6.45, 7) is 2.55. The van der Waals surface area contributed by atoms with E-state index in [1.54, 1.807) is 6.20 Å². The highest BCUT2D eigenvalue weighted by Gasteiger charge is 2.11. The highest BCUT2D eigenvalue weighted by molar-refractivity contribution is 6.28. The van der Waals surface area contributed by atoms with Crippen molar-refractivity contribution in [2.75, 3.05) is 6.61 Å². The fourth-order valence-electron chi connectivity index (χ4n) is 1.83. The molecule has 0 saturated heterocycles. The lowest BCUT2D eigenvalue weighted by Gasteiger charge is -2.07.